The van der Waals surface area contributed by atoms with Crippen LogP contribution in [0, 0.1) is 0 Å². The lowest BCUT2D eigenvalue weighted by Gasteiger charge is -2.42. The van der Waals surface area contributed by atoms with Gasteiger partial charge in [-0.2, -0.15) is 0 Å². The zero-order chi connectivity index (χ0) is 14.7. The first-order valence-corrected chi connectivity index (χ1v) is 8.44. The molecule has 3 rings (SSSR count). The van der Waals surface area contributed by atoms with Gasteiger partial charge in [0.15, 0.2) is 0 Å². The standard InChI is InChI=1S/C18H28N2O/c1-3-11-20-12-6-9-18(10-13-20)14-16(19-2)15-7-4-5-8-17(15)21-18/h4-5,7-8,16,19H,3,6,9-14H2,1-2H3. The highest BCUT2D eigenvalue weighted by Crippen LogP contribution is 2.43. The molecule has 1 aromatic carbocycles. The van der Waals surface area contributed by atoms with Gasteiger partial charge in [-0.3, -0.25) is 0 Å². The molecule has 2 unspecified atom stereocenters. The van der Waals surface area contributed by atoms with Crippen LogP contribution in [0.4, 0.5) is 0 Å². The summed E-state index contributed by atoms with van der Waals surface area (Å²) < 4.78 is 6.53. The van der Waals surface area contributed by atoms with E-state index in [2.05, 4.69) is 48.5 Å². The summed E-state index contributed by atoms with van der Waals surface area (Å²) in [6.07, 6.45) is 5.92. The number of rotatable bonds is 3. The van der Waals surface area contributed by atoms with Gasteiger partial charge in [0.1, 0.15) is 11.4 Å². The third-order valence-electron chi connectivity index (χ3n) is 5.08. The zero-order valence-corrected chi connectivity index (χ0v) is 13.4. The fourth-order valence-corrected chi connectivity index (χ4v) is 3.95. The molecule has 0 aliphatic carbocycles. The van der Waals surface area contributed by atoms with Crippen LogP contribution in [0.25, 0.3) is 0 Å². The van der Waals surface area contributed by atoms with Gasteiger partial charge in [0.2, 0.25) is 0 Å². The van der Waals surface area contributed by atoms with E-state index in [4.69, 9.17) is 4.74 Å². The van der Waals surface area contributed by atoms with E-state index in [9.17, 15) is 0 Å². The van der Waals surface area contributed by atoms with Crippen LogP contribution >= 0.6 is 0 Å². The molecular formula is C18H28N2O. The second kappa shape index (κ2) is 6.37. The van der Waals surface area contributed by atoms with Crippen LogP contribution < -0.4 is 10.1 Å². The summed E-state index contributed by atoms with van der Waals surface area (Å²) >= 11 is 0. The Kier molecular flexibility index (Phi) is 4.51. The van der Waals surface area contributed by atoms with E-state index in [0.717, 1.165) is 18.6 Å². The van der Waals surface area contributed by atoms with Crippen molar-refractivity contribution in [3.63, 3.8) is 0 Å². The number of nitrogens with one attached hydrogen (secondary N) is 1. The number of nitrogens with zero attached hydrogens (tertiary/aromatic N) is 1. The maximum Gasteiger partial charge on any atom is 0.124 e. The molecule has 1 saturated heterocycles. The normalized spacial score (nSPS) is 29.7. The second-order valence-electron chi connectivity index (χ2n) is 6.56. The Labute approximate surface area is 128 Å². The SMILES string of the molecule is CCCN1CCCC2(CC1)CC(NC)c1ccccc1O2. The van der Waals surface area contributed by atoms with Crippen LogP contribution in [0.5, 0.6) is 5.75 Å². The summed E-state index contributed by atoms with van der Waals surface area (Å²) in [4.78, 5) is 2.60. The molecule has 116 valence electrons. The van der Waals surface area contributed by atoms with Gasteiger partial charge in [0.05, 0.1) is 0 Å². The number of hydrogen-bond acceptors (Lipinski definition) is 3. The first-order chi connectivity index (χ1) is 10.3. The average Bonchev–Trinajstić information content (AvgIpc) is 2.70. The Bertz CT molecular complexity index is 476. The van der Waals surface area contributed by atoms with Crippen LogP contribution in [0.3, 0.4) is 0 Å². The van der Waals surface area contributed by atoms with Crippen LogP contribution in [0.1, 0.15) is 50.6 Å². The molecule has 1 spiro atoms. The summed E-state index contributed by atoms with van der Waals surface area (Å²) in [5.74, 6) is 1.09. The lowest BCUT2D eigenvalue weighted by Crippen LogP contribution is -2.44. The van der Waals surface area contributed by atoms with Gasteiger partial charge >= 0.3 is 0 Å². The van der Waals surface area contributed by atoms with Gasteiger partial charge < -0.3 is 15.0 Å². The molecule has 3 nitrogen and oxygen atoms in total. The van der Waals surface area contributed by atoms with Crippen molar-refractivity contribution in [3.8, 4) is 5.75 Å². The number of ether oxygens (including phenoxy) is 1. The Morgan fingerprint density at radius 2 is 2.14 bits per heavy atom. The highest BCUT2D eigenvalue weighted by molar-refractivity contribution is 5.39. The zero-order valence-electron chi connectivity index (χ0n) is 13.4. The average molecular weight is 288 g/mol. The predicted octanol–water partition coefficient (Wildman–Crippen LogP) is 3.36. The molecule has 1 aromatic rings. The van der Waals surface area contributed by atoms with E-state index in [1.54, 1.807) is 0 Å². The molecule has 0 saturated carbocycles. The molecule has 2 heterocycles. The first kappa shape index (κ1) is 14.9. The van der Waals surface area contributed by atoms with Crippen molar-refractivity contribution < 1.29 is 4.74 Å². The number of benzene rings is 1. The van der Waals surface area contributed by atoms with Gasteiger partial charge in [-0.05, 0) is 51.9 Å². The number of para-hydroxylation sites is 1. The lowest BCUT2D eigenvalue weighted by atomic mass is 9.82. The van der Waals surface area contributed by atoms with E-state index in [1.165, 1.54) is 44.5 Å². The van der Waals surface area contributed by atoms with Gasteiger partial charge in [-0.25, -0.2) is 0 Å². The fourth-order valence-electron chi connectivity index (χ4n) is 3.95. The summed E-state index contributed by atoms with van der Waals surface area (Å²) in [5.41, 5.74) is 1.35. The minimum atomic E-state index is 0.0323. The Balaban J connectivity index is 1.80. The van der Waals surface area contributed by atoms with Crippen molar-refractivity contribution in [2.24, 2.45) is 0 Å². The number of likely N-dealkylation sites (tertiary alicyclic amines) is 1. The van der Waals surface area contributed by atoms with Crippen molar-refractivity contribution in [3.05, 3.63) is 29.8 Å². The monoisotopic (exact) mass is 288 g/mol. The lowest BCUT2D eigenvalue weighted by molar-refractivity contribution is 0.0176. The minimum Gasteiger partial charge on any atom is -0.487 e. The van der Waals surface area contributed by atoms with Crippen molar-refractivity contribution >= 4 is 0 Å². The molecular weight excluding hydrogens is 260 g/mol. The predicted molar refractivity (Wildman–Crippen MR) is 86.8 cm³/mol. The second-order valence-corrected chi connectivity index (χ2v) is 6.56. The van der Waals surface area contributed by atoms with Crippen molar-refractivity contribution in [1.29, 1.82) is 0 Å². The summed E-state index contributed by atoms with van der Waals surface area (Å²) in [7, 11) is 2.07. The maximum atomic E-state index is 6.53. The van der Waals surface area contributed by atoms with Gasteiger partial charge in [-0.15, -0.1) is 0 Å². The molecule has 0 radical (unpaired) electrons. The maximum absolute atomic E-state index is 6.53. The van der Waals surface area contributed by atoms with E-state index < -0.39 is 0 Å². The van der Waals surface area contributed by atoms with E-state index in [1.807, 2.05) is 0 Å². The molecule has 1 N–H and O–H groups in total. The van der Waals surface area contributed by atoms with Crippen LogP contribution in [0.2, 0.25) is 0 Å². The minimum absolute atomic E-state index is 0.0323. The first-order valence-electron chi connectivity index (χ1n) is 8.44. The van der Waals surface area contributed by atoms with Gasteiger partial charge in [0.25, 0.3) is 0 Å². The molecule has 2 atom stereocenters. The fraction of sp³-hybridized carbons (Fsp3) is 0.667. The summed E-state index contributed by atoms with van der Waals surface area (Å²) in [6, 6.07) is 8.96. The van der Waals surface area contributed by atoms with Crippen LogP contribution in [-0.4, -0.2) is 37.2 Å². The van der Waals surface area contributed by atoms with E-state index in [0.29, 0.717) is 6.04 Å². The molecule has 0 aromatic heterocycles. The van der Waals surface area contributed by atoms with Gasteiger partial charge in [-0.1, -0.05) is 25.1 Å². The Hall–Kier alpha value is -1.06. The molecule has 0 bridgehead atoms. The smallest absolute Gasteiger partial charge is 0.124 e. The highest BCUT2D eigenvalue weighted by Gasteiger charge is 2.41. The largest absolute Gasteiger partial charge is 0.487 e. The molecule has 2 aliphatic rings. The molecule has 1 fully saturated rings. The quantitative estimate of drug-likeness (QED) is 0.923. The topological polar surface area (TPSA) is 24.5 Å². The van der Waals surface area contributed by atoms with E-state index >= 15 is 0 Å². The highest BCUT2D eigenvalue weighted by atomic mass is 16.5. The van der Waals surface area contributed by atoms with Crippen LogP contribution in [0.15, 0.2) is 24.3 Å². The Morgan fingerprint density at radius 1 is 1.29 bits per heavy atom. The molecule has 21 heavy (non-hydrogen) atoms. The van der Waals surface area contributed by atoms with Gasteiger partial charge in [0, 0.05) is 24.6 Å². The Morgan fingerprint density at radius 3 is 2.95 bits per heavy atom. The summed E-state index contributed by atoms with van der Waals surface area (Å²) in [6.45, 7) is 5.89. The van der Waals surface area contributed by atoms with Crippen molar-refractivity contribution in [2.45, 2.75) is 50.7 Å². The molecule has 3 heteroatoms. The van der Waals surface area contributed by atoms with Crippen LogP contribution in [-0.2, 0) is 0 Å². The molecule has 0 amide bonds. The molecule has 2 aliphatic heterocycles. The van der Waals surface area contributed by atoms with Crippen molar-refractivity contribution in [2.75, 3.05) is 26.7 Å². The third kappa shape index (κ3) is 3.09. The number of hydrogen-bond donors (Lipinski definition) is 1. The van der Waals surface area contributed by atoms with E-state index in [-0.39, 0.29) is 5.60 Å². The van der Waals surface area contributed by atoms with Crippen molar-refractivity contribution in [1.82, 2.24) is 10.2 Å². The number of fused-ring (bicyclic) bond motifs is 1. The summed E-state index contributed by atoms with van der Waals surface area (Å²) in [5, 5.41) is 3.49. The third-order valence-corrected chi connectivity index (χ3v) is 5.08.